The standard InChI is InChI=1S/C25H31F2N3O4/c1-16(2)14-30(18-6-4-3-5-7-18)23-11-9-19(34-15-24(31)32)13-22(23)29-25(33)28-21-10-8-17(26)12-20(21)27/h8-13,16,18H,3-7,14-15H2,1-2H3,(H,31,32)(H2,28,29,33). The minimum atomic E-state index is -1.12. The van der Waals surface area contributed by atoms with Gasteiger partial charge in [0, 0.05) is 24.7 Å². The molecule has 3 N–H and O–H groups in total. The molecule has 0 unspecified atom stereocenters. The van der Waals surface area contributed by atoms with Crippen molar-refractivity contribution in [2.45, 2.75) is 52.0 Å². The minimum Gasteiger partial charge on any atom is -0.482 e. The van der Waals surface area contributed by atoms with Crippen LogP contribution < -0.4 is 20.3 Å². The van der Waals surface area contributed by atoms with E-state index in [0.717, 1.165) is 50.0 Å². The molecular weight excluding hydrogens is 444 g/mol. The molecule has 1 aliphatic carbocycles. The summed E-state index contributed by atoms with van der Waals surface area (Å²) in [6.07, 6.45) is 5.54. The lowest BCUT2D eigenvalue weighted by molar-refractivity contribution is -0.139. The first kappa shape index (κ1) is 25.3. The Morgan fingerprint density at radius 3 is 2.41 bits per heavy atom. The summed E-state index contributed by atoms with van der Waals surface area (Å²) >= 11 is 0. The summed E-state index contributed by atoms with van der Waals surface area (Å²) in [6.45, 7) is 4.49. The number of rotatable bonds is 9. The van der Waals surface area contributed by atoms with E-state index in [-0.39, 0.29) is 11.4 Å². The molecule has 34 heavy (non-hydrogen) atoms. The fraction of sp³-hybridized carbons (Fsp3) is 0.440. The van der Waals surface area contributed by atoms with Gasteiger partial charge in [0.2, 0.25) is 0 Å². The van der Waals surface area contributed by atoms with Crippen LogP contribution in [-0.2, 0) is 4.79 Å². The van der Waals surface area contributed by atoms with Gasteiger partial charge in [-0.25, -0.2) is 18.4 Å². The number of carbonyl (C=O) groups is 2. The number of carbonyl (C=O) groups excluding carboxylic acids is 1. The maximum absolute atomic E-state index is 14.0. The monoisotopic (exact) mass is 475 g/mol. The fourth-order valence-corrected chi connectivity index (χ4v) is 4.20. The molecule has 184 valence electrons. The van der Waals surface area contributed by atoms with Crippen molar-refractivity contribution in [3.05, 3.63) is 48.0 Å². The van der Waals surface area contributed by atoms with E-state index in [4.69, 9.17) is 9.84 Å². The lowest BCUT2D eigenvalue weighted by Crippen LogP contribution is -2.40. The third kappa shape index (κ3) is 7.07. The molecule has 1 fully saturated rings. The number of ether oxygens (including phenoxy) is 1. The summed E-state index contributed by atoms with van der Waals surface area (Å²) in [5.74, 6) is -2.11. The van der Waals surface area contributed by atoms with E-state index in [1.165, 1.54) is 6.42 Å². The number of hydrogen-bond acceptors (Lipinski definition) is 4. The van der Waals surface area contributed by atoms with Crippen LogP contribution in [0, 0.1) is 17.6 Å². The Bertz CT molecular complexity index is 1010. The number of carboxylic acids is 1. The third-order valence-electron chi connectivity index (χ3n) is 5.64. The second kappa shape index (κ2) is 11.7. The third-order valence-corrected chi connectivity index (χ3v) is 5.64. The predicted octanol–water partition coefficient (Wildman–Crippen LogP) is 5.87. The number of amides is 2. The fourth-order valence-electron chi connectivity index (χ4n) is 4.20. The second-order valence-electron chi connectivity index (χ2n) is 8.90. The molecule has 0 bridgehead atoms. The van der Waals surface area contributed by atoms with Gasteiger partial charge in [0.25, 0.3) is 0 Å². The van der Waals surface area contributed by atoms with Gasteiger partial charge in [-0.2, -0.15) is 0 Å². The molecule has 0 heterocycles. The summed E-state index contributed by atoms with van der Waals surface area (Å²) in [4.78, 5) is 25.9. The number of nitrogens with zero attached hydrogens (tertiary/aromatic N) is 1. The number of nitrogens with one attached hydrogen (secondary N) is 2. The lowest BCUT2D eigenvalue weighted by atomic mass is 9.93. The van der Waals surface area contributed by atoms with E-state index in [2.05, 4.69) is 29.4 Å². The first-order valence-electron chi connectivity index (χ1n) is 11.5. The average Bonchev–Trinajstić information content (AvgIpc) is 2.79. The van der Waals surface area contributed by atoms with E-state index in [1.807, 2.05) is 6.07 Å². The molecule has 2 aromatic carbocycles. The normalized spacial score (nSPS) is 14.0. The summed E-state index contributed by atoms with van der Waals surface area (Å²) in [5.41, 5.74) is 1.03. The molecule has 3 rings (SSSR count). The largest absolute Gasteiger partial charge is 0.482 e. The molecule has 7 nitrogen and oxygen atoms in total. The van der Waals surface area contributed by atoms with Crippen LogP contribution in [0.5, 0.6) is 5.75 Å². The van der Waals surface area contributed by atoms with Gasteiger partial charge in [0.15, 0.2) is 6.61 Å². The summed E-state index contributed by atoms with van der Waals surface area (Å²) in [6, 6.07) is 7.53. The Kier molecular flexibility index (Phi) is 8.67. The van der Waals surface area contributed by atoms with E-state index < -0.39 is 30.2 Å². The number of halogens is 2. The van der Waals surface area contributed by atoms with Crippen molar-refractivity contribution in [2.24, 2.45) is 5.92 Å². The van der Waals surface area contributed by atoms with Crippen molar-refractivity contribution >= 4 is 29.1 Å². The molecular formula is C25H31F2N3O4. The first-order valence-corrected chi connectivity index (χ1v) is 11.5. The Labute approximate surface area is 198 Å². The highest BCUT2D eigenvalue weighted by Gasteiger charge is 2.25. The van der Waals surface area contributed by atoms with Gasteiger partial charge in [-0.15, -0.1) is 0 Å². The summed E-state index contributed by atoms with van der Waals surface area (Å²) < 4.78 is 32.5. The Morgan fingerprint density at radius 2 is 1.76 bits per heavy atom. The molecule has 0 atom stereocenters. The predicted molar refractivity (Wildman–Crippen MR) is 128 cm³/mol. The van der Waals surface area contributed by atoms with Gasteiger partial charge in [-0.1, -0.05) is 33.1 Å². The van der Waals surface area contributed by atoms with E-state index in [1.54, 1.807) is 12.1 Å². The lowest BCUT2D eigenvalue weighted by Gasteiger charge is -2.38. The van der Waals surface area contributed by atoms with Crippen LogP contribution in [0.4, 0.5) is 30.6 Å². The average molecular weight is 476 g/mol. The zero-order chi connectivity index (χ0) is 24.7. The number of anilines is 3. The topological polar surface area (TPSA) is 90.9 Å². The summed E-state index contributed by atoms with van der Waals surface area (Å²) in [5, 5.41) is 14.1. The quantitative estimate of drug-likeness (QED) is 0.422. The second-order valence-corrected chi connectivity index (χ2v) is 8.90. The van der Waals surface area contributed by atoms with Crippen LogP contribution in [0.1, 0.15) is 46.0 Å². The molecule has 0 aromatic heterocycles. The van der Waals surface area contributed by atoms with Crippen molar-refractivity contribution in [2.75, 3.05) is 28.7 Å². The van der Waals surface area contributed by atoms with Gasteiger partial charge in [0.05, 0.1) is 17.1 Å². The molecule has 1 saturated carbocycles. The SMILES string of the molecule is CC(C)CN(c1ccc(OCC(=O)O)cc1NC(=O)Nc1ccc(F)cc1F)C1CCCCC1. The van der Waals surface area contributed by atoms with Crippen molar-refractivity contribution in [1.82, 2.24) is 0 Å². The highest BCUT2D eigenvalue weighted by Crippen LogP contribution is 2.36. The maximum atomic E-state index is 14.0. The minimum absolute atomic E-state index is 0.162. The van der Waals surface area contributed by atoms with E-state index in [0.29, 0.717) is 23.7 Å². The number of hydrogen-bond donors (Lipinski definition) is 3. The van der Waals surface area contributed by atoms with Gasteiger partial charge >= 0.3 is 12.0 Å². The Hall–Kier alpha value is -3.36. The highest BCUT2D eigenvalue weighted by atomic mass is 19.1. The van der Waals surface area contributed by atoms with Crippen LogP contribution in [-0.4, -0.2) is 36.3 Å². The van der Waals surface area contributed by atoms with E-state index >= 15 is 0 Å². The van der Waals surface area contributed by atoms with Crippen LogP contribution in [0.25, 0.3) is 0 Å². The van der Waals surface area contributed by atoms with Crippen molar-refractivity contribution < 1.29 is 28.2 Å². The zero-order valence-electron chi connectivity index (χ0n) is 19.4. The van der Waals surface area contributed by atoms with Gasteiger partial charge in [-0.05, 0) is 43.0 Å². The molecule has 0 spiro atoms. The van der Waals surface area contributed by atoms with Gasteiger partial charge < -0.3 is 25.4 Å². The van der Waals surface area contributed by atoms with Crippen LogP contribution >= 0.6 is 0 Å². The molecule has 0 saturated heterocycles. The smallest absolute Gasteiger partial charge is 0.341 e. The molecule has 0 radical (unpaired) electrons. The Balaban J connectivity index is 1.90. The van der Waals surface area contributed by atoms with E-state index in [9.17, 15) is 18.4 Å². The van der Waals surface area contributed by atoms with Crippen LogP contribution in [0.3, 0.4) is 0 Å². The first-order chi connectivity index (χ1) is 16.2. The number of urea groups is 1. The number of aliphatic carboxylic acids is 1. The van der Waals surface area contributed by atoms with Crippen molar-refractivity contribution in [3.8, 4) is 5.75 Å². The van der Waals surface area contributed by atoms with Crippen molar-refractivity contribution in [1.29, 1.82) is 0 Å². The number of benzene rings is 2. The molecule has 2 amide bonds. The maximum Gasteiger partial charge on any atom is 0.341 e. The highest BCUT2D eigenvalue weighted by molar-refractivity contribution is 6.02. The zero-order valence-corrected chi connectivity index (χ0v) is 19.4. The molecule has 9 heteroatoms. The molecule has 0 aliphatic heterocycles. The van der Waals surface area contributed by atoms with Gasteiger partial charge in [-0.3, -0.25) is 0 Å². The molecule has 2 aromatic rings. The van der Waals surface area contributed by atoms with Crippen LogP contribution in [0.2, 0.25) is 0 Å². The van der Waals surface area contributed by atoms with Gasteiger partial charge in [0.1, 0.15) is 17.4 Å². The van der Waals surface area contributed by atoms with Crippen molar-refractivity contribution in [3.63, 3.8) is 0 Å². The number of carboxylic acid groups (broad SMARTS) is 1. The van der Waals surface area contributed by atoms with Crippen LogP contribution in [0.15, 0.2) is 36.4 Å². The Morgan fingerprint density at radius 1 is 1.06 bits per heavy atom. The summed E-state index contributed by atoms with van der Waals surface area (Å²) in [7, 11) is 0. The molecule has 1 aliphatic rings.